The number of rotatable bonds is 0. The Morgan fingerprint density at radius 3 is 2.58 bits per heavy atom. The SMILES string of the molecule is C[C@H]1CC2(CCN1)OCCO2.Cl. The van der Waals surface area contributed by atoms with E-state index in [-0.39, 0.29) is 18.2 Å². The van der Waals surface area contributed by atoms with Gasteiger partial charge in [0, 0.05) is 25.4 Å². The van der Waals surface area contributed by atoms with Crippen LogP contribution in [0.4, 0.5) is 0 Å². The van der Waals surface area contributed by atoms with Gasteiger partial charge in [0.15, 0.2) is 5.79 Å². The molecule has 2 rings (SSSR count). The molecule has 0 bridgehead atoms. The smallest absolute Gasteiger partial charge is 0.171 e. The van der Waals surface area contributed by atoms with E-state index in [2.05, 4.69) is 12.2 Å². The summed E-state index contributed by atoms with van der Waals surface area (Å²) < 4.78 is 11.2. The van der Waals surface area contributed by atoms with E-state index in [4.69, 9.17) is 9.47 Å². The van der Waals surface area contributed by atoms with Crippen molar-refractivity contribution >= 4 is 12.4 Å². The van der Waals surface area contributed by atoms with E-state index in [0.29, 0.717) is 6.04 Å². The molecule has 72 valence electrons. The maximum Gasteiger partial charge on any atom is 0.171 e. The van der Waals surface area contributed by atoms with Crippen molar-refractivity contribution in [2.75, 3.05) is 19.8 Å². The Bertz CT molecular complexity index is 148. The fourth-order valence-electron chi connectivity index (χ4n) is 1.91. The molecule has 0 saturated carbocycles. The summed E-state index contributed by atoms with van der Waals surface area (Å²) in [4.78, 5) is 0. The van der Waals surface area contributed by atoms with Crippen LogP contribution in [0.3, 0.4) is 0 Å². The van der Waals surface area contributed by atoms with Gasteiger partial charge >= 0.3 is 0 Å². The Kier molecular flexibility index (Phi) is 3.35. The van der Waals surface area contributed by atoms with Crippen molar-refractivity contribution in [2.45, 2.75) is 31.6 Å². The van der Waals surface area contributed by atoms with Crippen molar-refractivity contribution in [1.29, 1.82) is 0 Å². The Morgan fingerprint density at radius 1 is 1.33 bits per heavy atom. The number of hydrogen-bond acceptors (Lipinski definition) is 3. The molecule has 2 fully saturated rings. The minimum Gasteiger partial charge on any atom is -0.347 e. The summed E-state index contributed by atoms with van der Waals surface area (Å²) in [6, 6.07) is 0.529. The average molecular weight is 194 g/mol. The molecule has 1 spiro atoms. The Balaban J connectivity index is 0.000000720. The van der Waals surface area contributed by atoms with Gasteiger partial charge in [-0.25, -0.2) is 0 Å². The van der Waals surface area contributed by atoms with Crippen LogP contribution < -0.4 is 5.32 Å². The highest BCUT2D eigenvalue weighted by Gasteiger charge is 2.39. The molecule has 0 amide bonds. The predicted molar refractivity (Wildman–Crippen MR) is 48.6 cm³/mol. The Hall–Kier alpha value is 0.170. The summed E-state index contributed by atoms with van der Waals surface area (Å²) in [6.07, 6.45) is 1.99. The van der Waals surface area contributed by atoms with E-state index >= 15 is 0 Å². The second-order valence-corrected chi connectivity index (χ2v) is 3.42. The summed E-state index contributed by atoms with van der Waals surface area (Å²) in [5.74, 6) is -0.218. The molecule has 2 aliphatic rings. The standard InChI is InChI=1S/C8H15NO2.ClH/c1-7-6-8(2-3-9-7)10-4-5-11-8;/h7,9H,2-6H2,1H3;1H/t7-;/m0./s1. The van der Waals surface area contributed by atoms with Crippen molar-refractivity contribution < 1.29 is 9.47 Å². The van der Waals surface area contributed by atoms with Crippen LogP contribution in [0.5, 0.6) is 0 Å². The van der Waals surface area contributed by atoms with E-state index in [0.717, 1.165) is 32.6 Å². The maximum atomic E-state index is 5.59. The number of hydrogen-bond donors (Lipinski definition) is 1. The normalized spacial score (nSPS) is 33.2. The van der Waals surface area contributed by atoms with Crippen LogP contribution in [0.15, 0.2) is 0 Å². The molecule has 12 heavy (non-hydrogen) atoms. The second kappa shape index (κ2) is 3.92. The first-order chi connectivity index (χ1) is 5.31. The summed E-state index contributed by atoms with van der Waals surface area (Å²) in [5, 5.41) is 3.37. The third-order valence-electron chi connectivity index (χ3n) is 2.43. The largest absolute Gasteiger partial charge is 0.347 e. The van der Waals surface area contributed by atoms with Crippen molar-refractivity contribution in [3.63, 3.8) is 0 Å². The van der Waals surface area contributed by atoms with Crippen LogP contribution in [0.1, 0.15) is 19.8 Å². The van der Waals surface area contributed by atoms with E-state index in [1.54, 1.807) is 0 Å². The molecule has 0 aromatic heterocycles. The molecule has 0 aromatic rings. The van der Waals surface area contributed by atoms with Gasteiger partial charge in [-0.05, 0) is 6.92 Å². The lowest BCUT2D eigenvalue weighted by molar-refractivity contribution is -0.178. The lowest BCUT2D eigenvalue weighted by Gasteiger charge is -2.35. The molecule has 2 saturated heterocycles. The van der Waals surface area contributed by atoms with Gasteiger partial charge < -0.3 is 14.8 Å². The Labute approximate surface area is 79.2 Å². The Morgan fingerprint density at radius 2 is 2.00 bits per heavy atom. The third kappa shape index (κ3) is 1.91. The molecule has 0 aliphatic carbocycles. The van der Waals surface area contributed by atoms with Gasteiger partial charge in [-0.2, -0.15) is 0 Å². The first-order valence-electron chi connectivity index (χ1n) is 4.32. The fraction of sp³-hybridized carbons (Fsp3) is 1.00. The lowest BCUT2D eigenvalue weighted by atomic mass is 9.99. The molecular formula is C8H16ClNO2. The van der Waals surface area contributed by atoms with Gasteiger partial charge in [0.05, 0.1) is 13.2 Å². The molecule has 3 nitrogen and oxygen atoms in total. The number of halogens is 1. The first-order valence-corrected chi connectivity index (χ1v) is 4.32. The first kappa shape index (κ1) is 10.3. The highest BCUT2D eigenvalue weighted by molar-refractivity contribution is 5.85. The van der Waals surface area contributed by atoms with Gasteiger partial charge in [-0.3, -0.25) is 0 Å². The van der Waals surface area contributed by atoms with Crippen molar-refractivity contribution in [1.82, 2.24) is 5.32 Å². The molecule has 0 aromatic carbocycles. The zero-order chi connectivity index (χ0) is 7.73. The van der Waals surface area contributed by atoms with Crippen LogP contribution in [-0.2, 0) is 9.47 Å². The molecule has 2 aliphatic heterocycles. The van der Waals surface area contributed by atoms with E-state index in [1.165, 1.54) is 0 Å². The number of nitrogens with one attached hydrogen (secondary N) is 1. The number of ether oxygens (including phenoxy) is 2. The molecule has 4 heteroatoms. The zero-order valence-corrected chi connectivity index (χ0v) is 8.15. The lowest BCUT2D eigenvalue weighted by Crippen LogP contribution is -2.47. The molecular weight excluding hydrogens is 178 g/mol. The van der Waals surface area contributed by atoms with Gasteiger partial charge in [0.2, 0.25) is 0 Å². The minimum atomic E-state index is -0.218. The summed E-state index contributed by atoms with van der Waals surface area (Å²) in [5.41, 5.74) is 0. The van der Waals surface area contributed by atoms with Crippen LogP contribution in [0.25, 0.3) is 0 Å². The highest BCUT2D eigenvalue weighted by Crippen LogP contribution is 2.30. The van der Waals surface area contributed by atoms with Crippen LogP contribution >= 0.6 is 12.4 Å². The minimum absolute atomic E-state index is 0. The molecule has 0 radical (unpaired) electrons. The quantitative estimate of drug-likeness (QED) is 0.621. The van der Waals surface area contributed by atoms with Crippen LogP contribution in [0.2, 0.25) is 0 Å². The second-order valence-electron chi connectivity index (χ2n) is 3.42. The van der Waals surface area contributed by atoms with Gasteiger partial charge in [-0.15, -0.1) is 12.4 Å². The predicted octanol–water partition coefficient (Wildman–Crippen LogP) is 0.923. The van der Waals surface area contributed by atoms with E-state index < -0.39 is 0 Å². The van der Waals surface area contributed by atoms with Crippen molar-refractivity contribution in [3.8, 4) is 0 Å². The highest BCUT2D eigenvalue weighted by atomic mass is 35.5. The van der Waals surface area contributed by atoms with Gasteiger partial charge in [0.25, 0.3) is 0 Å². The van der Waals surface area contributed by atoms with E-state index in [1.807, 2.05) is 0 Å². The van der Waals surface area contributed by atoms with Crippen molar-refractivity contribution in [2.24, 2.45) is 0 Å². The van der Waals surface area contributed by atoms with E-state index in [9.17, 15) is 0 Å². The molecule has 1 N–H and O–H groups in total. The maximum absolute atomic E-state index is 5.59. The molecule has 2 heterocycles. The fourth-order valence-corrected chi connectivity index (χ4v) is 1.91. The number of piperidine rings is 1. The summed E-state index contributed by atoms with van der Waals surface area (Å²) in [7, 11) is 0. The zero-order valence-electron chi connectivity index (χ0n) is 7.34. The van der Waals surface area contributed by atoms with Gasteiger partial charge in [0.1, 0.15) is 0 Å². The summed E-state index contributed by atoms with van der Waals surface area (Å²) in [6.45, 7) is 4.73. The van der Waals surface area contributed by atoms with Gasteiger partial charge in [-0.1, -0.05) is 0 Å². The monoisotopic (exact) mass is 193 g/mol. The topological polar surface area (TPSA) is 30.5 Å². The third-order valence-corrected chi connectivity index (χ3v) is 2.43. The molecule has 0 unspecified atom stereocenters. The average Bonchev–Trinajstić information content (AvgIpc) is 2.37. The summed E-state index contributed by atoms with van der Waals surface area (Å²) >= 11 is 0. The van der Waals surface area contributed by atoms with Crippen LogP contribution in [0, 0.1) is 0 Å². The molecule has 1 atom stereocenters. The van der Waals surface area contributed by atoms with Crippen molar-refractivity contribution in [3.05, 3.63) is 0 Å². The van der Waals surface area contributed by atoms with Crippen LogP contribution in [-0.4, -0.2) is 31.6 Å².